The Kier molecular flexibility index (Phi) is 6.77. The van der Waals surface area contributed by atoms with Crippen molar-refractivity contribution in [1.82, 2.24) is 5.43 Å². The van der Waals surface area contributed by atoms with Crippen LogP contribution in [0.2, 0.25) is 0 Å². The zero-order chi connectivity index (χ0) is 21.5. The van der Waals surface area contributed by atoms with Crippen molar-refractivity contribution in [2.45, 2.75) is 0 Å². The molecule has 4 N–H and O–H groups in total. The van der Waals surface area contributed by atoms with E-state index in [2.05, 4.69) is 10.5 Å². The maximum atomic E-state index is 8.61. The lowest BCUT2D eigenvalue weighted by Crippen LogP contribution is -2.26. The van der Waals surface area contributed by atoms with Crippen molar-refractivity contribution in [1.29, 1.82) is 5.41 Å². The van der Waals surface area contributed by atoms with Crippen LogP contribution in [-0.4, -0.2) is 30.8 Å². The Morgan fingerprint density at radius 2 is 1.37 bits per heavy atom. The summed E-state index contributed by atoms with van der Waals surface area (Å²) in [5.74, 6) is 1.49. The highest BCUT2D eigenvalue weighted by atomic mass is 32.1. The molecule has 0 unspecified atom stereocenters. The topological polar surface area (TPSA) is 92.7 Å². The lowest BCUT2D eigenvalue weighted by atomic mass is 9.96. The Morgan fingerprint density at radius 1 is 0.833 bits per heavy atom. The molecule has 30 heavy (non-hydrogen) atoms. The molecule has 3 aromatic rings. The van der Waals surface area contributed by atoms with E-state index < -0.39 is 0 Å². The Bertz CT molecular complexity index is 1080. The number of hydrogen-bond donors (Lipinski definition) is 3. The molecule has 0 aliphatic heterocycles. The predicted octanol–water partition coefficient (Wildman–Crippen LogP) is 3.71. The van der Waals surface area contributed by atoms with Crippen LogP contribution in [-0.2, 0) is 0 Å². The number of nitrogens with two attached hydrogens (primary N) is 1. The molecule has 0 fully saturated rings. The summed E-state index contributed by atoms with van der Waals surface area (Å²) in [6.07, 6.45) is 0. The first-order valence-corrected chi connectivity index (χ1v) is 9.54. The average Bonchev–Trinajstić information content (AvgIpc) is 2.79. The molecule has 0 spiro atoms. The van der Waals surface area contributed by atoms with Crippen molar-refractivity contribution < 1.29 is 9.47 Å². The van der Waals surface area contributed by atoms with Crippen molar-refractivity contribution in [3.05, 3.63) is 95.1 Å². The van der Waals surface area contributed by atoms with E-state index >= 15 is 0 Å². The SMILES string of the molecule is COc1ccc(C(=N)c2cccc(/C(=N/NC(N)=S)c3ccc(OC)cc3)c2)cc1. The molecule has 0 saturated carbocycles. The molecule has 0 bridgehead atoms. The number of hydrazone groups is 1. The number of hydrogen-bond acceptors (Lipinski definition) is 5. The largest absolute Gasteiger partial charge is 0.497 e. The van der Waals surface area contributed by atoms with Gasteiger partial charge in [-0.3, -0.25) is 10.8 Å². The van der Waals surface area contributed by atoms with Gasteiger partial charge in [-0.25, -0.2) is 0 Å². The van der Waals surface area contributed by atoms with Gasteiger partial charge in [0.05, 0.1) is 25.6 Å². The van der Waals surface area contributed by atoms with E-state index in [1.54, 1.807) is 14.2 Å². The van der Waals surface area contributed by atoms with Gasteiger partial charge in [0.1, 0.15) is 11.5 Å². The molecule has 7 heteroatoms. The lowest BCUT2D eigenvalue weighted by molar-refractivity contribution is 0.414. The molecule has 0 amide bonds. The monoisotopic (exact) mass is 418 g/mol. The van der Waals surface area contributed by atoms with Gasteiger partial charge in [-0.1, -0.05) is 18.2 Å². The third kappa shape index (κ3) is 5.01. The van der Waals surface area contributed by atoms with Crippen LogP contribution in [0.3, 0.4) is 0 Å². The highest BCUT2D eigenvalue weighted by molar-refractivity contribution is 7.80. The molecular formula is C23H22N4O2S. The quantitative estimate of drug-likeness (QED) is 0.309. The van der Waals surface area contributed by atoms with E-state index in [9.17, 15) is 0 Å². The first-order chi connectivity index (χ1) is 14.5. The van der Waals surface area contributed by atoms with E-state index in [1.807, 2.05) is 72.8 Å². The van der Waals surface area contributed by atoms with E-state index in [0.29, 0.717) is 11.4 Å². The Labute approximate surface area is 180 Å². The second-order valence-electron chi connectivity index (χ2n) is 6.35. The third-order valence-corrected chi connectivity index (χ3v) is 4.54. The van der Waals surface area contributed by atoms with E-state index in [1.165, 1.54) is 0 Å². The van der Waals surface area contributed by atoms with Gasteiger partial charge in [0.25, 0.3) is 0 Å². The molecular weight excluding hydrogens is 396 g/mol. The van der Waals surface area contributed by atoms with Gasteiger partial charge >= 0.3 is 0 Å². The van der Waals surface area contributed by atoms with Crippen LogP contribution >= 0.6 is 12.2 Å². The highest BCUT2D eigenvalue weighted by Crippen LogP contribution is 2.19. The van der Waals surface area contributed by atoms with Crippen LogP contribution in [0.4, 0.5) is 0 Å². The number of benzene rings is 3. The molecule has 3 aromatic carbocycles. The summed E-state index contributed by atoms with van der Waals surface area (Å²) in [6.45, 7) is 0. The van der Waals surface area contributed by atoms with E-state index in [0.717, 1.165) is 33.8 Å². The Hall–Kier alpha value is -3.71. The van der Waals surface area contributed by atoms with Crippen LogP contribution in [0, 0.1) is 5.41 Å². The Balaban J connectivity index is 1.98. The molecule has 152 valence electrons. The molecule has 3 rings (SSSR count). The molecule has 0 aromatic heterocycles. The summed E-state index contributed by atoms with van der Waals surface area (Å²) in [4.78, 5) is 0. The second kappa shape index (κ2) is 9.67. The van der Waals surface area contributed by atoms with Gasteiger partial charge in [0, 0.05) is 22.3 Å². The molecule has 0 radical (unpaired) electrons. The molecule has 0 atom stereocenters. The van der Waals surface area contributed by atoms with E-state index in [4.69, 9.17) is 32.8 Å². The van der Waals surface area contributed by atoms with Crippen molar-refractivity contribution in [3.63, 3.8) is 0 Å². The lowest BCUT2D eigenvalue weighted by Gasteiger charge is -2.11. The molecule has 0 heterocycles. The van der Waals surface area contributed by atoms with Gasteiger partial charge in [-0.2, -0.15) is 5.10 Å². The number of thiocarbonyl (C=S) groups is 1. The van der Waals surface area contributed by atoms with Crippen LogP contribution in [0.15, 0.2) is 77.9 Å². The van der Waals surface area contributed by atoms with Crippen LogP contribution in [0.25, 0.3) is 0 Å². The van der Waals surface area contributed by atoms with Crippen molar-refractivity contribution in [2.24, 2.45) is 10.8 Å². The highest BCUT2D eigenvalue weighted by Gasteiger charge is 2.12. The zero-order valence-electron chi connectivity index (χ0n) is 16.7. The van der Waals surface area contributed by atoms with Crippen molar-refractivity contribution >= 4 is 28.8 Å². The van der Waals surface area contributed by atoms with Crippen LogP contribution in [0.1, 0.15) is 22.3 Å². The fourth-order valence-corrected chi connectivity index (χ4v) is 2.95. The number of nitrogens with one attached hydrogen (secondary N) is 2. The standard InChI is InChI=1S/C23H22N4O2S/c1-28-19-10-6-15(7-11-19)21(24)17-4-3-5-18(14-17)22(26-27-23(25)30)16-8-12-20(29-2)13-9-16/h3-14,24H,1-2H3,(H3,25,27,30)/b24-21?,26-22+. The zero-order valence-corrected chi connectivity index (χ0v) is 17.5. The minimum atomic E-state index is 0.0724. The summed E-state index contributed by atoms with van der Waals surface area (Å²) in [7, 11) is 3.23. The van der Waals surface area contributed by atoms with Crippen LogP contribution < -0.4 is 20.6 Å². The van der Waals surface area contributed by atoms with Gasteiger partial charge in [0.2, 0.25) is 0 Å². The second-order valence-corrected chi connectivity index (χ2v) is 6.79. The minimum absolute atomic E-state index is 0.0724. The first kappa shape index (κ1) is 21.0. The van der Waals surface area contributed by atoms with Gasteiger partial charge in [0.15, 0.2) is 5.11 Å². The summed E-state index contributed by atoms with van der Waals surface area (Å²) < 4.78 is 10.4. The summed E-state index contributed by atoms with van der Waals surface area (Å²) >= 11 is 4.90. The predicted molar refractivity (Wildman–Crippen MR) is 124 cm³/mol. The molecule has 0 saturated heterocycles. The molecule has 6 nitrogen and oxygen atoms in total. The fourth-order valence-electron chi connectivity index (χ4n) is 2.90. The normalized spacial score (nSPS) is 10.9. The number of rotatable bonds is 7. The maximum Gasteiger partial charge on any atom is 0.184 e. The van der Waals surface area contributed by atoms with Gasteiger partial charge in [-0.05, 0) is 66.8 Å². The molecule has 0 aliphatic rings. The first-order valence-electron chi connectivity index (χ1n) is 9.13. The Morgan fingerprint density at radius 3 is 1.90 bits per heavy atom. The van der Waals surface area contributed by atoms with E-state index in [-0.39, 0.29) is 5.11 Å². The molecule has 0 aliphatic carbocycles. The maximum absolute atomic E-state index is 8.61. The summed E-state index contributed by atoms with van der Waals surface area (Å²) in [6, 6.07) is 22.5. The number of ether oxygens (including phenoxy) is 2. The number of methoxy groups -OCH3 is 2. The number of nitrogens with zero attached hydrogens (tertiary/aromatic N) is 1. The smallest absolute Gasteiger partial charge is 0.184 e. The van der Waals surface area contributed by atoms with Gasteiger partial charge < -0.3 is 15.2 Å². The minimum Gasteiger partial charge on any atom is -0.497 e. The van der Waals surface area contributed by atoms with Gasteiger partial charge in [-0.15, -0.1) is 0 Å². The third-order valence-electron chi connectivity index (χ3n) is 4.44. The summed E-state index contributed by atoms with van der Waals surface area (Å²) in [5.41, 5.74) is 12.5. The fraction of sp³-hybridized carbons (Fsp3) is 0.0870. The average molecular weight is 419 g/mol. The van der Waals surface area contributed by atoms with Crippen molar-refractivity contribution in [2.75, 3.05) is 14.2 Å². The van der Waals surface area contributed by atoms with Crippen molar-refractivity contribution in [3.8, 4) is 11.5 Å². The summed E-state index contributed by atoms with van der Waals surface area (Å²) in [5, 5.41) is 13.1. The van der Waals surface area contributed by atoms with Crippen LogP contribution in [0.5, 0.6) is 11.5 Å².